The maximum atomic E-state index is 5.65. The van der Waals surface area contributed by atoms with Gasteiger partial charge in [-0.15, -0.1) is 11.8 Å². The van der Waals surface area contributed by atoms with E-state index in [1.54, 1.807) is 11.8 Å². The van der Waals surface area contributed by atoms with Crippen molar-refractivity contribution in [1.82, 2.24) is 0 Å². The van der Waals surface area contributed by atoms with Crippen molar-refractivity contribution >= 4 is 23.4 Å². The minimum absolute atomic E-state index is 0.544. The first-order valence-electron chi connectivity index (χ1n) is 2.55. The van der Waals surface area contributed by atoms with Crippen LogP contribution in [-0.4, -0.2) is 11.8 Å². The smallest absolute Gasteiger partial charge is 0.0698 e. The van der Waals surface area contributed by atoms with Gasteiger partial charge in [-0.1, -0.05) is 17.7 Å². The van der Waals surface area contributed by atoms with E-state index >= 15 is 0 Å². The van der Waals surface area contributed by atoms with Gasteiger partial charge >= 0.3 is 0 Å². The summed E-state index contributed by atoms with van der Waals surface area (Å²) in [7, 11) is 0. The van der Waals surface area contributed by atoms with Gasteiger partial charge in [-0.05, 0) is 6.42 Å². The maximum absolute atomic E-state index is 5.65. The average molecular weight is 150 g/mol. The molecule has 0 aromatic carbocycles. The van der Waals surface area contributed by atoms with Crippen LogP contribution in [0.5, 0.6) is 0 Å². The first-order valence-corrected chi connectivity index (χ1v) is 3.81. The standard InChI is InChI=1S/C5H8ClNS/c6-5-2-1-4(3-7)8-5/h2,4H,1,3,7H2. The highest BCUT2D eigenvalue weighted by molar-refractivity contribution is 8.05. The average Bonchev–Trinajstić information content (AvgIpc) is 2.14. The van der Waals surface area contributed by atoms with E-state index in [0.717, 1.165) is 17.3 Å². The van der Waals surface area contributed by atoms with Crippen LogP contribution in [0.2, 0.25) is 0 Å². The van der Waals surface area contributed by atoms with Gasteiger partial charge in [0.15, 0.2) is 0 Å². The molecule has 0 bridgehead atoms. The summed E-state index contributed by atoms with van der Waals surface area (Å²) < 4.78 is 0.903. The van der Waals surface area contributed by atoms with E-state index < -0.39 is 0 Å². The Hall–Kier alpha value is 0.340. The lowest BCUT2D eigenvalue weighted by Gasteiger charge is -2.00. The van der Waals surface area contributed by atoms with Gasteiger partial charge in [-0.2, -0.15) is 0 Å². The molecule has 3 heteroatoms. The molecule has 0 spiro atoms. The molecule has 1 aliphatic rings. The van der Waals surface area contributed by atoms with Crippen molar-refractivity contribution in [3.05, 3.63) is 10.4 Å². The maximum Gasteiger partial charge on any atom is 0.0698 e. The quantitative estimate of drug-likeness (QED) is 0.612. The molecule has 1 rings (SSSR count). The molecule has 0 aromatic heterocycles. The van der Waals surface area contributed by atoms with Crippen LogP contribution in [0.15, 0.2) is 10.4 Å². The second-order valence-electron chi connectivity index (χ2n) is 1.72. The molecule has 1 atom stereocenters. The SMILES string of the molecule is NCC1CC=C(Cl)S1. The van der Waals surface area contributed by atoms with Crippen LogP contribution >= 0.6 is 23.4 Å². The molecule has 1 nitrogen and oxygen atoms in total. The summed E-state index contributed by atoms with van der Waals surface area (Å²) in [5.74, 6) is 0. The molecule has 0 aromatic rings. The summed E-state index contributed by atoms with van der Waals surface area (Å²) in [5, 5.41) is 0.544. The van der Waals surface area contributed by atoms with Crippen molar-refractivity contribution < 1.29 is 0 Å². The monoisotopic (exact) mass is 149 g/mol. The minimum Gasteiger partial charge on any atom is -0.329 e. The van der Waals surface area contributed by atoms with E-state index in [4.69, 9.17) is 17.3 Å². The van der Waals surface area contributed by atoms with Gasteiger partial charge in [-0.3, -0.25) is 0 Å². The van der Waals surface area contributed by atoms with Gasteiger partial charge < -0.3 is 5.73 Å². The third-order valence-corrected chi connectivity index (χ3v) is 2.62. The Morgan fingerprint density at radius 2 is 2.75 bits per heavy atom. The van der Waals surface area contributed by atoms with Gasteiger partial charge in [-0.25, -0.2) is 0 Å². The lowest BCUT2D eigenvalue weighted by atomic mass is 10.3. The van der Waals surface area contributed by atoms with Gasteiger partial charge in [0.2, 0.25) is 0 Å². The second-order valence-corrected chi connectivity index (χ2v) is 3.69. The molecule has 1 aliphatic heterocycles. The van der Waals surface area contributed by atoms with Crippen LogP contribution in [0.3, 0.4) is 0 Å². The first kappa shape index (κ1) is 6.46. The molecule has 1 heterocycles. The fourth-order valence-corrected chi connectivity index (χ4v) is 1.89. The highest BCUT2D eigenvalue weighted by Gasteiger charge is 2.13. The highest BCUT2D eigenvalue weighted by atomic mass is 35.5. The van der Waals surface area contributed by atoms with Crippen molar-refractivity contribution in [1.29, 1.82) is 0 Å². The van der Waals surface area contributed by atoms with Gasteiger partial charge in [0, 0.05) is 11.8 Å². The van der Waals surface area contributed by atoms with E-state index in [2.05, 4.69) is 0 Å². The molecule has 0 aliphatic carbocycles. The minimum atomic E-state index is 0.544. The molecule has 46 valence electrons. The zero-order valence-corrected chi connectivity index (χ0v) is 6.00. The molecule has 0 saturated heterocycles. The van der Waals surface area contributed by atoms with Crippen molar-refractivity contribution in [3.8, 4) is 0 Å². The van der Waals surface area contributed by atoms with E-state index in [0.29, 0.717) is 5.25 Å². The van der Waals surface area contributed by atoms with Crippen LogP contribution in [0.4, 0.5) is 0 Å². The van der Waals surface area contributed by atoms with E-state index in [1.807, 2.05) is 6.08 Å². The molecule has 2 N–H and O–H groups in total. The predicted octanol–water partition coefficient (Wildman–Crippen LogP) is 1.53. The molecule has 8 heavy (non-hydrogen) atoms. The van der Waals surface area contributed by atoms with Gasteiger partial charge in [0.25, 0.3) is 0 Å². The molecule has 0 amide bonds. The number of hydrogen-bond donors (Lipinski definition) is 1. The van der Waals surface area contributed by atoms with E-state index in [9.17, 15) is 0 Å². The van der Waals surface area contributed by atoms with Crippen molar-refractivity contribution in [2.45, 2.75) is 11.7 Å². The summed E-state index contributed by atoms with van der Waals surface area (Å²) in [6.45, 7) is 0.734. The first-order chi connectivity index (χ1) is 3.83. The molecule has 0 saturated carbocycles. The fraction of sp³-hybridized carbons (Fsp3) is 0.600. The lowest BCUT2D eigenvalue weighted by Crippen LogP contribution is -2.12. The van der Waals surface area contributed by atoms with Crippen molar-refractivity contribution in [3.63, 3.8) is 0 Å². The Morgan fingerprint density at radius 3 is 3.00 bits per heavy atom. The molecule has 0 fully saturated rings. The van der Waals surface area contributed by atoms with Crippen LogP contribution in [-0.2, 0) is 0 Å². The summed E-state index contributed by atoms with van der Waals surface area (Å²) in [4.78, 5) is 0. The predicted molar refractivity (Wildman–Crippen MR) is 39.0 cm³/mol. The lowest BCUT2D eigenvalue weighted by molar-refractivity contribution is 0.889. The number of rotatable bonds is 1. The van der Waals surface area contributed by atoms with Crippen LogP contribution in [0.25, 0.3) is 0 Å². The summed E-state index contributed by atoms with van der Waals surface area (Å²) in [5.41, 5.74) is 5.38. The van der Waals surface area contributed by atoms with E-state index in [1.165, 1.54) is 0 Å². The van der Waals surface area contributed by atoms with Crippen LogP contribution in [0, 0.1) is 0 Å². The van der Waals surface area contributed by atoms with Crippen LogP contribution in [0.1, 0.15) is 6.42 Å². The summed E-state index contributed by atoms with van der Waals surface area (Å²) in [6.07, 6.45) is 3.06. The third-order valence-electron chi connectivity index (χ3n) is 1.08. The Balaban J connectivity index is 2.32. The topological polar surface area (TPSA) is 26.0 Å². The van der Waals surface area contributed by atoms with Crippen molar-refractivity contribution in [2.75, 3.05) is 6.54 Å². The molecule has 0 radical (unpaired) electrons. The highest BCUT2D eigenvalue weighted by Crippen LogP contribution is 2.33. The van der Waals surface area contributed by atoms with E-state index in [-0.39, 0.29) is 0 Å². The van der Waals surface area contributed by atoms with Gasteiger partial charge in [0.1, 0.15) is 0 Å². The largest absolute Gasteiger partial charge is 0.329 e. The number of thioether (sulfide) groups is 1. The number of allylic oxidation sites excluding steroid dienone is 1. The number of halogens is 1. The Morgan fingerprint density at radius 1 is 2.00 bits per heavy atom. The number of nitrogens with two attached hydrogens (primary N) is 1. The second kappa shape index (κ2) is 2.76. The zero-order chi connectivity index (χ0) is 5.98. The molecular weight excluding hydrogens is 142 g/mol. The summed E-state index contributed by atoms with van der Waals surface area (Å²) in [6, 6.07) is 0. The Bertz CT molecular complexity index is 113. The molecule has 1 unspecified atom stereocenters. The Kier molecular flexibility index (Phi) is 2.23. The normalized spacial score (nSPS) is 28.2. The molecular formula is C5H8ClNS. The fourth-order valence-electron chi connectivity index (χ4n) is 0.624. The number of hydrogen-bond acceptors (Lipinski definition) is 2. The van der Waals surface area contributed by atoms with Crippen LogP contribution < -0.4 is 5.73 Å². The Labute approximate surface area is 58.3 Å². The van der Waals surface area contributed by atoms with Crippen molar-refractivity contribution in [2.24, 2.45) is 5.73 Å². The zero-order valence-electron chi connectivity index (χ0n) is 4.43. The summed E-state index contributed by atoms with van der Waals surface area (Å²) >= 11 is 7.32. The third kappa shape index (κ3) is 1.41. The van der Waals surface area contributed by atoms with Gasteiger partial charge in [0.05, 0.1) is 4.36 Å².